The number of rotatable bonds is 1. The van der Waals surface area contributed by atoms with Gasteiger partial charge in [0.05, 0.1) is 5.69 Å². The molecule has 2 nitrogen and oxygen atoms in total. The van der Waals surface area contributed by atoms with E-state index in [1.165, 1.54) is 42.9 Å². The van der Waals surface area contributed by atoms with E-state index >= 15 is 0 Å². The highest BCUT2D eigenvalue weighted by atomic mass is 33.1. The summed E-state index contributed by atoms with van der Waals surface area (Å²) in [5.74, 6) is 0. The number of hydrogen-bond donors (Lipinski definition) is 2. The predicted octanol–water partition coefficient (Wildman–Crippen LogP) is 3.44. The van der Waals surface area contributed by atoms with Crippen molar-refractivity contribution in [2.75, 3.05) is 17.8 Å². The summed E-state index contributed by atoms with van der Waals surface area (Å²) in [5.41, 5.74) is 1.33. The number of thiol groups is 1. The Kier molecular flexibility index (Phi) is 2.81. The van der Waals surface area contributed by atoms with Crippen molar-refractivity contribution in [2.45, 2.75) is 24.2 Å². The zero-order valence-electron chi connectivity index (χ0n) is 8.65. The van der Waals surface area contributed by atoms with Crippen molar-refractivity contribution >= 4 is 26.8 Å². The van der Waals surface area contributed by atoms with Crippen molar-refractivity contribution in [2.24, 2.45) is 0 Å². The van der Waals surface area contributed by atoms with Gasteiger partial charge in [0.1, 0.15) is 0 Å². The Bertz CT molecular complexity index is 325. The lowest BCUT2D eigenvalue weighted by molar-refractivity contribution is 0.380. The number of piperidine rings is 1. The number of fused-ring (bicyclic) bond motifs is 1. The molecule has 2 aliphatic rings. The topological polar surface area (TPSA) is 15.3 Å². The van der Waals surface area contributed by atoms with Crippen molar-refractivity contribution in [3.63, 3.8) is 0 Å². The number of hydrogen-bond acceptors (Lipinski definition) is 3. The number of benzene rings is 1. The first kappa shape index (κ1) is 9.87. The zero-order valence-corrected chi connectivity index (χ0v) is 10.4. The van der Waals surface area contributed by atoms with E-state index in [0.29, 0.717) is 0 Å². The van der Waals surface area contributed by atoms with Crippen molar-refractivity contribution in [1.82, 2.24) is 4.31 Å². The van der Waals surface area contributed by atoms with Crippen LogP contribution in [0, 0.1) is 0 Å². The van der Waals surface area contributed by atoms with Crippen LogP contribution in [0.2, 0.25) is 0 Å². The average Bonchev–Trinajstić information content (AvgIpc) is 2.74. The Morgan fingerprint density at radius 1 is 1.13 bits per heavy atom. The van der Waals surface area contributed by atoms with Gasteiger partial charge < -0.3 is 4.72 Å². The third-order valence-corrected chi connectivity index (χ3v) is 7.02. The molecule has 1 saturated heterocycles. The summed E-state index contributed by atoms with van der Waals surface area (Å²) < 4.78 is 6.29. The second-order valence-electron chi connectivity index (χ2n) is 3.99. The lowest BCUT2D eigenvalue weighted by Crippen LogP contribution is -2.27. The third-order valence-electron chi connectivity index (χ3n) is 2.88. The highest BCUT2D eigenvalue weighted by Gasteiger charge is 2.24. The van der Waals surface area contributed by atoms with Crippen LogP contribution in [-0.4, -0.2) is 17.4 Å². The van der Waals surface area contributed by atoms with Crippen molar-refractivity contribution < 1.29 is 0 Å². The van der Waals surface area contributed by atoms with E-state index in [1.807, 2.05) is 10.8 Å². The molecule has 2 heterocycles. The first-order valence-electron chi connectivity index (χ1n) is 5.52. The molecular weight excluding hydrogens is 224 g/mol. The van der Waals surface area contributed by atoms with Crippen LogP contribution < -0.4 is 4.72 Å². The van der Waals surface area contributed by atoms with Gasteiger partial charge in [0, 0.05) is 18.0 Å². The van der Waals surface area contributed by atoms with E-state index in [4.69, 9.17) is 0 Å². The van der Waals surface area contributed by atoms with Crippen LogP contribution in [0.4, 0.5) is 5.69 Å². The minimum Gasteiger partial charge on any atom is -0.329 e. The van der Waals surface area contributed by atoms with Crippen LogP contribution >= 0.6 is 21.1 Å². The van der Waals surface area contributed by atoms with Gasteiger partial charge >= 0.3 is 0 Å². The van der Waals surface area contributed by atoms with Gasteiger partial charge in [-0.3, -0.25) is 0 Å². The lowest BCUT2D eigenvalue weighted by atomic mass is 10.2. The Morgan fingerprint density at radius 2 is 1.93 bits per heavy atom. The molecule has 1 atom stereocenters. The SMILES string of the molecule is c1ccc2c(c1)N[SH](N1CCCCC1)S2. The summed E-state index contributed by atoms with van der Waals surface area (Å²) in [6.45, 7) is 2.55. The first-order valence-corrected chi connectivity index (χ1v) is 8.24. The second-order valence-corrected chi connectivity index (χ2v) is 7.53. The van der Waals surface area contributed by atoms with Gasteiger partial charge in [-0.15, -0.1) is 0 Å². The minimum atomic E-state index is -0.190. The number of anilines is 1. The fraction of sp³-hybridized carbons (Fsp3) is 0.455. The van der Waals surface area contributed by atoms with Crippen LogP contribution in [0.1, 0.15) is 19.3 Å². The summed E-state index contributed by atoms with van der Waals surface area (Å²) in [7, 11) is 1.83. The molecule has 4 heteroatoms. The van der Waals surface area contributed by atoms with Crippen molar-refractivity contribution in [3.8, 4) is 0 Å². The molecule has 1 unspecified atom stereocenters. The van der Waals surface area contributed by atoms with Gasteiger partial charge in [0.2, 0.25) is 0 Å². The third kappa shape index (κ3) is 1.98. The summed E-state index contributed by atoms with van der Waals surface area (Å²) >= 11 is 0. The summed E-state index contributed by atoms with van der Waals surface area (Å²) in [5, 5.41) is 0. The lowest BCUT2D eigenvalue weighted by Gasteiger charge is -2.33. The number of nitrogens with one attached hydrogen (secondary N) is 1. The molecule has 1 aromatic rings. The van der Waals surface area contributed by atoms with E-state index in [1.54, 1.807) is 0 Å². The van der Waals surface area contributed by atoms with E-state index in [0.717, 1.165) is 0 Å². The van der Waals surface area contributed by atoms with Crippen LogP contribution in [0.5, 0.6) is 0 Å². The molecule has 1 N–H and O–H groups in total. The predicted molar refractivity (Wildman–Crippen MR) is 70.3 cm³/mol. The Balaban J connectivity index is 1.72. The normalized spacial score (nSPS) is 28.4. The van der Waals surface area contributed by atoms with Crippen LogP contribution in [0.15, 0.2) is 29.2 Å². The maximum Gasteiger partial charge on any atom is 0.0587 e. The molecule has 0 radical (unpaired) electrons. The molecule has 0 amide bonds. The summed E-state index contributed by atoms with van der Waals surface area (Å²) in [6.07, 6.45) is 4.16. The van der Waals surface area contributed by atoms with Crippen molar-refractivity contribution in [1.29, 1.82) is 0 Å². The quantitative estimate of drug-likeness (QED) is 0.578. The molecule has 0 spiro atoms. The highest BCUT2D eigenvalue weighted by molar-refractivity contribution is 8.85. The summed E-state index contributed by atoms with van der Waals surface area (Å²) in [4.78, 5) is 1.43. The first-order chi connectivity index (χ1) is 7.43. The van der Waals surface area contributed by atoms with Crippen LogP contribution in [0.25, 0.3) is 0 Å². The fourth-order valence-electron chi connectivity index (χ4n) is 2.04. The van der Waals surface area contributed by atoms with Crippen molar-refractivity contribution in [3.05, 3.63) is 24.3 Å². The largest absolute Gasteiger partial charge is 0.329 e. The van der Waals surface area contributed by atoms with Gasteiger partial charge in [0.25, 0.3) is 0 Å². The summed E-state index contributed by atoms with van der Waals surface area (Å²) in [6, 6.07) is 8.65. The van der Waals surface area contributed by atoms with E-state index in [-0.39, 0.29) is 10.3 Å². The Morgan fingerprint density at radius 3 is 2.73 bits per heavy atom. The van der Waals surface area contributed by atoms with E-state index in [9.17, 15) is 0 Å². The van der Waals surface area contributed by atoms with Gasteiger partial charge in [-0.25, -0.2) is 4.31 Å². The number of para-hydroxylation sites is 1. The standard InChI is InChI=1S/C11H16N2S2/c1-4-8-13(9-5-1)15-12-10-6-2-3-7-11(10)14-15/h2-3,6-7,12,15H,1,4-5,8-9H2. The average molecular weight is 240 g/mol. The molecule has 0 aliphatic carbocycles. The molecule has 2 aliphatic heterocycles. The molecular formula is C11H16N2S2. The molecule has 15 heavy (non-hydrogen) atoms. The van der Waals surface area contributed by atoms with Crippen LogP contribution in [0.3, 0.4) is 0 Å². The number of nitrogens with zero attached hydrogens (tertiary/aromatic N) is 1. The smallest absolute Gasteiger partial charge is 0.0587 e. The molecule has 1 aromatic carbocycles. The van der Waals surface area contributed by atoms with Gasteiger partial charge in [-0.2, -0.15) is 0 Å². The molecule has 0 aromatic heterocycles. The molecule has 82 valence electrons. The molecule has 1 fully saturated rings. The van der Waals surface area contributed by atoms with E-state index < -0.39 is 0 Å². The van der Waals surface area contributed by atoms with Gasteiger partial charge in [-0.1, -0.05) is 28.9 Å². The molecule has 0 bridgehead atoms. The maximum atomic E-state index is 3.66. The van der Waals surface area contributed by atoms with Gasteiger partial charge in [-0.05, 0) is 35.8 Å². The molecule has 0 saturated carbocycles. The monoisotopic (exact) mass is 240 g/mol. The van der Waals surface area contributed by atoms with Gasteiger partial charge in [0.15, 0.2) is 0 Å². The zero-order chi connectivity index (χ0) is 10.1. The highest BCUT2D eigenvalue weighted by Crippen LogP contribution is 2.57. The Labute approximate surface area is 97.4 Å². The maximum absolute atomic E-state index is 3.66. The van der Waals surface area contributed by atoms with Crippen LogP contribution in [-0.2, 0) is 0 Å². The second kappa shape index (κ2) is 4.28. The van der Waals surface area contributed by atoms with E-state index in [2.05, 4.69) is 33.3 Å². The Hall–Kier alpha value is -0.320. The molecule has 3 rings (SSSR count). The minimum absolute atomic E-state index is 0.190. The fourth-order valence-corrected chi connectivity index (χ4v) is 6.32.